The largest absolute Gasteiger partial charge is 0.303 e. The average molecular weight is 174 g/mol. The highest BCUT2D eigenvalue weighted by Gasteiger charge is 2.58. The molecule has 2 rings (SSSR count). The van der Waals surface area contributed by atoms with Gasteiger partial charge < -0.3 is 4.79 Å². The van der Waals surface area contributed by atoms with Crippen molar-refractivity contribution in [3.05, 3.63) is 35.9 Å². The molecule has 0 bridgehead atoms. The van der Waals surface area contributed by atoms with Gasteiger partial charge in [-0.1, -0.05) is 44.2 Å². The Morgan fingerprint density at radius 3 is 2.31 bits per heavy atom. The first-order valence-electron chi connectivity index (χ1n) is 4.68. The van der Waals surface area contributed by atoms with Gasteiger partial charge in [-0.15, -0.1) is 0 Å². The molecular formula is C12H14O. The van der Waals surface area contributed by atoms with Crippen LogP contribution in [0, 0.1) is 11.3 Å². The Labute approximate surface area is 78.8 Å². The molecule has 0 aromatic heterocycles. The molecule has 0 unspecified atom stereocenters. The van der Waals surface area contributed by atoms with Gasteiger partial charge in [0.05, 0.1) is 0 Å². The molecule has 1 heteroatoms. The molecule has 0 heterocycles. The highest BCUT2D eigenvalue weighted by atomic mass is 16.1. The molecular weight excluding hydrogens is 160 g/mol. The fourth-order valence-electron chi connectivity index (χ4n) is 2.23. The lowest BCUT2D eigenvalue weighted by atomic mass is 10.0. The van der Waals surface area contributed by atoms with Crippen LogP contribution in [0.4, 0.5) is 0 Å². The molecule has 0 radical (unpaired) electrons. The van der Waals surface area contributed by atoms with Crippen molar-refractivity contribution >= 4 is 6.29 Å². The summed E-state index contributed by atoms with van der Waals surface area (Å²) in [6, 6.07) is 10.3. The quantitative estimate of drug-likeness (QED) is 0.630. The first-order chi connectivity index (χ1) is 6.18. The van der Waals surface area contributed by atoms with Crippen molar-refractivity contribution in [2.45, 2.75) is 19.8 Å². The summed E-state index contributed by atoms with van der Waals surface area (Å²) in [6.07, 6.45) is 1.09. The van der Waals surface area contributed by atoms with Gasteiger partial charge in [-0.05, 0) is 16.9 Å². The van der Waals surface area contributed by atoms with Crippen LogP contribution in [0.1, 0.15) is 25.3 Å². The lowest BCUT2D eigenvalue weighted by Crippen LogP contribution is -1.90. The minimum atomic E-state index is 0.170. The van der Waals surface area contributed by atoms with Crippen LogP contribution in [-0.4, -0.2) is 6.29 Å². The summed E-state index contributed by atoms with van der Waals surface area (Å²) in [7, 11) is 0. The number of aldehydes is 1. The van der Waals surface area contributed by atoms with Crippen molar-refractivity contribution in [2.24, 2.45) is 11.3 Å². The van der Waals surface area contributed by atoms with Crippen LogP contribution in [0.15, 0.2) is 30.3 Å². The third-order valence-electron chi connectivity index (χ3n) is 3.22. The fraction of sp³-hybridized carbons (Fsp3) is 0.417. The maximum atomic E-state index is 10.8. The molecule has 0 aliphatic heterocycles. The van der Waals surface area contributed by atoms with E-state index in [0.29, 0.717) is 5.92 Å². The lowest BCUT2D eigenvalue weighted by molar-refractivity contribution is -0.109. The standard InChI is InChI=1S/C12H14O/c1-12(2)10(8-13)11(12)9-6-4-3-5-7-9/h3-8,10-11H,1-2H3/t10-,11-/m1/s1. The van der Waals surface area contributed by atoms with E-state index in [-0.39, 0.29) is 11.3 Å². The maximum absolute atomic E-state index is 10.8. The highest BCUT2D eigenvalue weighted by Crippen LogP contribution is 2.63. The van der Waals surface area contributed by atoms with Crippen molar-refractivity contribution in [3.8, 4) is 0 Å². The Hall–Kier alpha value is -1.11. The van der Waals surface area contributed by atoms with Gasteiger partial charge in [-0.3, -0.25) is 0 Å². The van der Waals surface area contributed by atoms with Crippen LogP contribution in [0.3, 0.4) is 0 Å². The van der Waals surface area contributed by atoms with E-state index in [1.807, 2.05) is 18.2 Å². The van der Waals surface area contributed by atoms with Crippen LogP contribution in [0.25, 0.3) is 0 Å². The van der Waals surface area contributed by atoms with Crippen LogP contribution in [-0.2, 0) is 4.79 Å². The van der Waals surface area contributed by atoms with E-state index in [1.54, 1.807) is 0 Å². The zero-order valence-electron chi connectivity index (χ0n) is 8.03. The van der Waals surface area contributed by atoms with E-state index in [4.69, 9.17) is 0 Å². The topological polar surface area (TPSA) is 17.1 Å². The van der Waals surface area contributed by atoms with Crippen molar-refractivity contribution in [2.75, 3.05) is 0 Å². The molecule has 1 aliphatic rings. The van der Waals surface area contributed by atoms with E-state index in [9.17, 15) is 4.79 Å². The number of benzene rings is 1. The molecule has 0 saturated heterocycles. The normalized spacial score (nSPS) is 29.7. The Morgan fingerprint density at radius 2 is 1.85 bits per heavy atom. The Bertz CT molecular complexity index is 313. The van der Waals surface area contributed by atoms with Gasteiger partial charge >= 0.3 is 0 Å². The summed E-state index contributed by atoms with van der Waals surface area (Å²) in [5.74, 6) is 0.654. The smallest absolute Gasteiger partial charge is 0.124 e. The number of hydrogen-bond donors (Lipinski definition) is 0. The first-order valence-corrected chi connectivity index (χ1v) is 4.68. The third-order valence-corrected chi connectivity index (χ3v) is 3.22. The molecule has 2 atom stereocenters. The first kappa shape index (κ1) is 8.49. The van der Waals surface area contributed by atoms with Crippen molar-refractivity contribution in [3.63, 3.8) is 0 Å². The zero-order valence-corrected chi connectivity index (χ0v) is 8.03. The Balaban J connectivity index is 2.27. The second kappa shape index (κ2) is 2.69. The third kappa shape index (κ3) is 1.19. The number of carbonyl (C=O) groups excluding carboxylic acids is 1. The predicted molar refractivity (Wildman–Crippen MR) is 52.5 cm³/mol. The van der Waals surface area contributed by atoms with E-state index in [1.165, 1.54) is 5.56 Å². The molecule has 0 N–H and O–H groups in total. The molecule has 68 valence electrons. The zero-order chi connectivity index (χ0) is 9.47. The summed E-state index contributed by atoms with van der Waals surface area (Å²) in [4.78, 5) is 10.8. The summed E-state index contributed by atoms with van der Waals surface area (Å²) >= 11 is 0. The van der Waals surface area contributed by atoms with Gasteiger partial charge in [0.25, 0.3) is 0 Å². The molecule has 0 spiro atoms. The predicted octanol–water partition coefficient (Wildman–Crippen LogP) is 2.63. The molecule has 0 amide bonds. The van der Waals surface area contributed by atoms with Crippen LogP contribution in [0.2, 0.25) is 0 Å². The van der Waals surface area contributed by atoms with Gasteiger partial charge in [-0.2, -0.15) is 0 Å². The van der Waals surface area contributed by atoms with Crippen molar-refractivity contribution < 1.29 is 4.79 Å². The fourth-order valence-corrected chi connectivity index (χ4v) is 2.23. The minimum Gasteiger partial charge on any atom is -0.303 e. The van der Waals surface area contributed by atoms with Crippen LogP contribution in [0.5, 0.6) is 0 Å². The summed E-state index contributed by atoms with van der Waals surface area (Å²) in [6.45, 7) is 4.31. The van der Waals surface area contributed by atoms with Gasteiger partial charge in [-0.25, -0.2) is 0 Å². The second-order valence-corrected chi connectivity index (χ2v) is 4.37. The van der Waals surface area contributed by atoms with Gasteiger partial charge in [0.15, 0.2) is 0 Å². The molecule has 1 aliphatic carbocycles. The molecule has 1 fully saturated rings. The molecule has 1 aromatic carbocycles. The lowest BCUT2D eigenvalue weighted by Gasteiger charge is -2.01. The maximum Gasteiger partial charge on any atom is 0.124 e. The average Bonchev–Trinajstić information content (AvgIpc) is 2.69. The Morgan fingerprint density at radius 1 is 1.23 bits per heavy atom. The van der Waals surface area contributed by atoms with Crippen LogP contribution < -0.4 is 0 Å². The molecule has 1 aromatic rings. The number of hydrogen-bond acceptors (Lipinski definition) is 1. The minimum absolute atomic E-state index is 0.170. The summed E-state index contributed by atoms with van der Waals surface area (Å²) in [5.41, 5.74) is 1.47. The highest BCUT2D eigenvalue weighted by molar-refractivity contribution is 5.64. The summed E-state index contributed by atoms with van der Waals surface area (Å²) in [5, 5.41) is 0. The number of rotatable bonds is 2. The molecule has 1 saturated carbocycles. The van der Waals surface area contributed by atoms with Crippen molar-refractivity contribution in [1.82, 2.24) is 0 Å². The number of carbonyl (C=O) groups is 1. The van der Waals surface area contributed by atoms with E-state index >= 15 is 0 Å². The van der Waals surface area contributed by atoms with E-state index in [2.05, 4.69) is 26.0 Å². The van der Waals surface area contributed by atoms with Crippen LogP contribution >= 0.6 is 0 Å². The van der Waals surface area contributed by atoms with Gasteiger partial charge in [0.1, 0.15) is 6.29 Å². The van der Waals surface area contributed by atoms with Crippen molar-refractivity contribution in [1.29, 1.82) is 0 Å². The Kier molecular flexibility index (Phi) is 1.76. The monoisotopic (exact) mass is 174 g/mol. The van der Waals surface area contributed by atoms with E-state index in [0.717, 1.165) is 6.29 Å². The molecule has 1 nitrogen and oxygen atoms in total. The summed E-state index contributed by atoms with van der Waals surface area (Å²) < 4.78 is 0. The SMILES string of the molecule is CC1(C)[C@H](C=O)[C@H]1c1ccccc1. The van der Waals surface area contributed by atoms with Gasteiger partial charge in [0.2, 0.25) is 0 Å². The van der Waals surface area contributed by atoms with E-state index < -0.39 is 0 Å². The van der Waals surface area contributed by atoms with Gasteiger partial charge in [0, 0.05) is 5.92 Å². The second-order valence-electron chi connectivity index (χ2n) is 4.37. The molecule has 13 heavy (non-hydrogen) atoms.